The van der Waals surface area contributed by atoms with E-state index in [-0.39, 0.29) is 112 Å². The van der Waals surface area contributed by atoms with Crippen LogP contribution in [0, 0.1) is 57.2 Å². The van der Waals surface area contributed by atoms with Gasteiger partial charge >= 0.3 is 6.03 Å². The number of likely N-dealkylation sites (tertiary alicyclic amines) is 2. The van der Waals surface area contributed by atoms with Crippen LogP contribution in [0.25, 0.3) is 0 Å². The van der Waals surface area contributed by atoms with Crippen molar-refractivity contribution >= 4 is 75.3 Å². The topological polar surface area (TPSA) is 292 Å². The normalized spacial score (nSPS) is 25.8. The smallest absolute Gasteiger partial charge is 0.315 e. The van der Waals surface area contributed by atoms with Crippen LogP contribution in [0.1, 0.15) is 169 Å². The maximum atomic E-state index is 14.4. The van der Waals surface area contributed by atoms with Gasteiger partial charge in [0.25, 0.3) is 11.8 Å². The number of amides is 8. The van der Waals surface area contributed by atoms with E-state index in [1.807, 2.05) is 34.6 Å². The van der Waals surface area contributed by atoms with Gasteiger partial charge in [-0.3, -0.25) is 38.4 Å². The van der Waals surface area contributed by atoms with Crippen molar-refractivity contribution in [2.45, 2.75) is 222 Å². The Labute approximate surface area is 516 Å². The number of sulfone groups is 1. The molecule has 0 aromatic carbocycles. The van der Waals surface area contributed by atoms with Gasteiger partial charge in [-0.05, 0) is 104 Å². The zero-order valence-electron chi connectivity index (χ0n) is 51.6. The third-order valence-electron chi connectivity index (χ3n) is 18.9. The SMILES string of the molecule is C.C.C=CCNC(=O)C(=O)C(CC1CC1)NC(=O)[C@@H]1[C@@H]2C(CN1C(=O)[C@@H](N)C(C)(C)C)C2(C)C.C=CCNC(=O)C(=O)C(CC1CC1)NC(=O)[C@@H]1[C@@H]2C(CN1C(=O)[C@@H](NC(=O)NC1(CS(=O)(=O)C(C)(C)C)CCC(F)(F)CC1)C(C)(C)C)C2(C)C.Cl. The van der Waals surface area contributed by atoms with Gasteiger partial charge in [0.2, 0.25) is 41.1 Å². The molecule has 4 unspecified atom stereocenters. The number of carbonyl (C=O) groups excluding carboxylic acids is 9. The number of fused-ring (bicyclic) bond motifs is 2. The Balaban J connectivity index is 0.000000478. The molecule has 24 heteroatoms. The van der Waals surface area contributed by atoms with Gasteiger partial charge < -0.3 is 47.4 Å². The number of ketones is 2. The van der Waals surface area contributed by atoms with Crippen LogP contribution in [0.5, 0.6) is 0 Å². The molecule has 7 aliphatic rings. The number of hydrogen-bond acceptors (Lipinski definition) is 12. The lowest BCUT2D eigenvalue weighted by atomic mass is 9.81. The molecule has 7 fully saturated rings. The van der Waals surface area contributed by atoms with E-state index in [4.69, 9.17) is 5.73 Å². The summed E-state index contributed by atoms with van der Waals surface area (Å²) in [6.45, 7) is 31.7. The summed E-state index contributed by atoms with van der Waals surface area (Å²) in [6.07, 6.45) is 5.68. The van der Waals surface area contributed by atoms with Crippen LogP contribution in [0.4, 0.5) is 13.6 Å². The first-order valence-electron chi connectivity index (χ1n) is 29.6. The molecule has 2 saturated heterocycles. The minimum atomic E-state index is -3.84. The van der Waals surface area contributed by atoms with Gasteiger partial charge in [0.15, 0.2) is 9.84 Å². The Morgan fingerprint density at radius 3 is 1.35 bits per heavy atom. The van der Waals surface area contributed by atoms with Crippen molar-refractivity contribution in [3.8, 4) is 0 Å². The van der Waals surface area contributed by atoms with Gasteiger partial charge in [-0.15, -0.1) is 25.6 Å². The fourth-order valence-corrected chi connectivity index (χ4v) is 14.1. The Kier molecular flexibility index (Phi) is 23.9. The molecule has 0 spiro atoms. The molecule has 0 bridgehead atoms. The summed E-state index contributed by atoms with van der Waals surface area (Å²) in [5.74, 6) is -7.69. The molecule has 2 heterocycles. The predicted molar refractivity (Wildman–Crippen MR) is 330 cm³/mol. The van der Waals surface area contributed by atoms with E-state index in [2.05, 4.69) is 58.9 Å². The highest BCUT2D eigenvalue weighted by Crippen LogP contribution is 2.66. The molecule has 2 aliphatic heterocycles. The first-order chi connectivity index (χ1) is 38.1. The van der Waals surface area contributed by atoms with Crippen LogP contribution >= 0.6 is 12.4 Å². The quantitative estimate of drug-likeness (QED) is 0.0472. The zero-order chi connectivity index (χ0) is 62.5. The van der Waals surface area contributed by atoms with Gasteiger partial charge in [0.05, 0.1) is 34.2 Å². The fraction of sp³-hybridized carbons (Fsp3) is 0.790. The number of carbonyl (C=O) groups is 9. The molecule has 10 atom stereocenters. The van der Waals surface area contributed by atoms with Crippen molar-refractivity contribution in [3.63, 3.8) is 0 Å². The average Bonchev–Trinajstić information content (AvgIpc) is 1.54. The Morgan fingerprint density at radius 2 is 1.01 bits per heavy atom. The third-order valence-corrected chi connectivity index (χ3v) is 21.7. The molecule has 86 heavy (non-hydrogen) atoms. The minimum absolute atomic E-state index is 0. The summed E-state index contributed by atoms with van der Waals surface area (Å²) in [5, 5.41) is 16.0. The van der Waals surface area contributed by atoms with Crippen LogP contribution in [-0.2, 0) is 48.2 Å². The summed E-state index contributed by atoms with van der Waals surface area (Å²) in [7, 11) is -3.84. The number of nitrogens with zero attached hydrogens (tertiary/aromatic N) is 2. The number of piperidine rings is 2. The summed E-state index contributed by atoms with van der Waals surface area (Å²) in [4.78, 5) is 123. The highest BCUT2D eigenvalue weighted by molar-refractivity contribution is 7.92. The summed E-state index contributed by atoms with van der Waals surface area (Å²) in [6, 6.07) is -6.41. The van der Waals surface area contributed by atoms with Crippen molar-refractivity contribution < 1.29 is 60.3 Å². The molecular formula is C62H104ClF2N9O11S. The molecule has 8 N–H and O–H groups in total. The Morgan fingerprint density at radius 1 is 0.628 bits per heavy atom. The molecule has 490 valence electrons. The predicted octanol–water partition coefficient (Wildman–Crippen LogP) is 6.19. The monoisotopic (exact) mass is 1260 g/mol. The fourth-order valence-electron chi connectivity index (χ4n) is 12.5. The molecule has 20 nitrogen and oxygen atoms in total. The Hall–Kier alpha value is -5.03. The molecule has 8 amide bonds. The summed E-state index contributed by atoms with van der Waals surface area (Å²) >= 11 is 0. The van der Waals surface area contributed by atoms with Crippen molar-refractivity contribution in [1.82, 2.24) is 41.7 Å². The number of rotatable bonds is 22. The summed E-state index contributed by atoms with van der Waals surface area (Å²) in [5.41, 5.74) is 3.10. The second-order valence-electron chi connectivity index (χ2n) is 29.2. The molecule has 0 radical (unpaired) electrons. The van der Waals surface area contributed by atoms with E-state index in [0.29, 0.717) is 25.3 Å². The average molecular weight is 1260 g/mol. The molecule has 0 aromatic heterocycles. The van der Waals surface area contributed by atoms with Crippen molar-refractivity contribution in [2.75, 3.05) is 31.9 Å². The van der Waals surface area contributed by atoms with E-state index < -0.39 is 133 Å². The van der Waals surface area contributed by atoms with Crippen LogP contribution in [-0.4, -0.2) is 156 Å². The maximum Gasteiger partial charge on any atom is 0.315 e. The van der Waals surface area contributed by atoms with Crippen LogP contribution < -0.4 is 37.6 Å². The van der Waals surface area contributed by atoms with Crippen LogP contribution in [0.15, 0.2) is 25.3 Å². The minimum Gasteiger partial charge on any atom is -0.346 e. The van der Waals surface area contributed by atoms with E-state index in [9.17, 15) is 60.3 Å². The molecule has 5 saturated carbocycles. The first kappa shape index (κ1) is 75.2. The number of urea groups is 1. The van der Waals surface area contributed by atoms with Gasteiger partial charge in [0, 0.05) is 39.0 Å². The van der Waals surface area contributed by atoms with E-state index in [1.54, 1.807) is 25.7 Å². The highest BCUT2D eigenvalue weighted by Gasteiger charge is 2.71. The standard InChI is InChI=1S/C36H57F2N5O7S.C24H38N4O4.2CH4.ClH/c1-10-17-39-29(46)26(44)23(18-21-11-12-21)40-28(45)25-24-22(34(24,8)9)19-43(25)30(47)27(32(2,3)4)41-31(48)42-35(13-15-36(37,38)16-14-35)20-51(49,50)33(5,6)7;1-7-10-26-21(31)18(29)15(11-13-8-9-13)27-20(30)17-16-14(24(16,5)6)12-28(17)22(32)19(25)23(2,3)4;;;/h10,21-25,27H,1,11-20H2,2-9H3,(H,39,46)(H,40,45)(H2,41,42,48);7,13-17,19H,1,8-12,25H2,2-6H3,(H,26,31)(H,27,30);2*1H4;1H/t22?,23?,24-,25-,27+;14?,15?,16-,17-,19+;;;/m00.../s1. The number of Topliss-reactive ketones (excluding diaryl/α,β-unsaturated/α-hetero) is 2. The van der Waals surface area contributed by atoms with E-state index in [0.717, 1.165) is 25.7 Å². The Bertz CT molecular complexity index is 2690. The van der Waals surface area contributed by atoms with Crippen molar-refractivity contribution in [3.05, 3.63) is 25.3 Å². The molecule has 5 aliphatic carbocycles. The summed E-state index contributed by atoms with van der Waals surface area (Å²) < 4.78 is 53.9. The van der Waals surface area contributed by atoms with Crippen molar-refractivity contribution in [2.24, 2.45) is 62.9 Å². The number of halogens is 3. The van der Waals surface area contributed by atoms with Gasteiger partial charge in [-0.25, -0.2) is 22.0 Å². The number of nitrogens with one attached hydrogen (secondary N) is 6. The number of alkyl halides is 2. The maximum absolute atomic E-state index is 14.4. The van der Waals surface area contributed by atoms with Crippen molar-refractivity contribution in [1.29, 1.82) is 0 Å². The highest BCUT2D eigenvalue weighted by atomic mass is 35.5. The molecule has 0 aromatic rings. The molecule has 7 rings (SSSR count). The number of hydrogen-bond donors (Lipinski definition) is 7. The molecular weight excluding hydrogens is 1150 g/mol. The number of nitrogens with two attached hydrogens (primary N) is 1. The van der Waals surface area contributed by atoms with Gasteiger partial charge in [-0.1, -0.05) is 122 Å². The van der Waals surface area contributed by atoms with Crippen LogP contribution in [0.3, 0.4) is 0 Å². The van der Waals surface area contributed by atoms with Gasteiger partial charge in [-0.2, -0.15) is 0 Å². The van der Waals surface area contributed by atoms with E-state index >= 15 is 0 Å². The lowest BCUT2D eigenvalue weighted by Gasteiger charge is -2.43. The van der Waals surface area contributed by atoms with Crippen LogP contribution in [0.2, 0.25) is 0 Å². The second kappa shape index (κ2) is 27.4. The second-order valence-corrected chi connectivity index (χ2v) is 32.0. The lowest BCUT2D eigenvalue weighted by molar-refractivity contribution is -0.145. The van der Waals surface area contributed by atoms with E-state index in [1.165, 1.54) is 37.8 Å². The first-order valence-corrected chi connectivity index (χ1v) is 31.2. The zero-order valence-corrected chi connectivity index (χ0v) is 53.3. The third kappa shape index (κ3) is 17.2. The van der Waals surface area contributed by atoms with Gasteiger partial charge in [0.1, 0.15) is 18.1 Å². The largest absolute Gasteiger partial charge is 0.346 e. The lowest BCUT2D eigenvalue weighted by Crippen LogP contribution is -2.64.